The van der Waals surface area contributed by atoms with Crippen molar-refractivity contribution in [2.45, 2.75) is 24.5 Å². The van der Waals surface area contributed by atoms with Crippen LogP contribution in [-0.2, 0) is 10.2 Å². The zero-order valence-electron chi connectivity index (χ0n) is 8.09. The van der Waals surface area contributed by atoms with Crippen LogP contribution in [0.4, 0.5) is 0 Å². The van der Waals surface area contributed by atoms with Crippen LogP contribution in [0.2, 0.25) is 0 Å². The third-order valence-corrected chi connectivity index (χ3v) is 5.09. The maximum atomic E-state index is 11.9. The maximum Gasteiger partial charge on any atom is 0.282 e. The molecule has 0 aromatic heterocycles. The van der Waals surface area contributed by atoms with E-state index in [1.165, 1.54) is 4.31 Å². The van der Waals surface area contributed by atoms with Crippen LogP contribution >= 0.6 is 12.6 Å². The first-order valence-corrected chi connectivity index (χ1v) is 6.95. The molecule has 2 saturated heterocycles. The van der Waals surface area contributed by atoms with Gasteiger partial charge in [-0.3, -0.25) is 0 Å². The Morgan fingerprint density at radius 1 is 1.00 bits per heavy atom. The SMILES string of the molecule is O=S(=O)(N1CCCCC1)N1CC(S)C1. The minimum atomic E-state index is -3.14. The molecule has 82 valence electrons. The summed E-state index contributed by atoms with van der Waals surface area (Å²) in [4.78, 5) is 0. The molecule has 0 amide bonds. The van der Waals surface area contributed by atoms with E-state index in [-0.39, 0.29) is 5.25 Å². The molecule has 6 heteroatoms. The molecule has 0 bridgehead atoms. The molecule has 0 radical (unpaired) electrons. The van der Waals surface area contributed by atoms with E-state index < -0.39 is 10.2 Å². The van der Waals surface area contributed by atoms with Gasteiger partial charge in [-0.1, -0.05) is 6.42 Å². The Morgan fingerprint density at radius 2 is 1.57 bits per heavy atom. The van der Waals surface area contributed by atoms with Crippen LogP contribution in [-0.4, -0.2) is 48.5 Å². The van der Waals surface area contributed by atoms with Gasteiger partial charge in [0.1, 0.15) is 0 Å². The highest BCUT2D eigenvalue weighted by atomic mass is 32.2. The van der Waals surface area contributed by atoms with Gasteiger partial charge in [-0.25, -0.2) is 0 Å². The summed E-state index contributed by atoms with van der Waals surface area (Å²) in [5.74, 6) is 0. The average Bonchev–Trinajstić information content (AvgIpc) is 2.14. The molecule has 0 saturated carbocycles. The normalized spacial score (nSPS) is 27.5. The number of piperidine rings is 1. The highest BCUT2D eigenvalue weighted by molar-refractivity contribution is 7.87. The molecule has 0 aromatic carbocycles. The van der Waals surface area contributed by atoms with Gasteiger partial charge >= 0.3 is 0 Å². The van der Waals surface area contributed by atoms with Crippen LogP contribution < -0.4 is 0 Å². The smallest absolute Gasteiger partial charge is 0.195 e. The van der Waals surface area contributed by atoms with E-state index in [4.69, 9.17) is 0 Å². The van der Waals surface area contributed by atoms with Gasteiger partial charge in [0.05, 0.1) is 0 Å². The van der Waals surface area contributed by atoms with Crippen molar-refractivity contribution in [3.05, 3.63) is 0 Å². The molecule has 2 aliphatic heterocycles. The van der Waals surface area contributed by atoms with Gasteiger partial charge in [0.15, 0.2) is 0 Å². The Balaban J connectivity index is 2.00. The van der Waals surface area contributed by atoms with Gasteiger partial charge in [-0.2, -0.15) is 29.7 Å². The van der Waals surface area contributed by atoms with Gasteiger partial charge in [0.25, 0.3) is 10.2 Å². The minimum absolute atomic E-state index is 0.231. The molecular formula is C8H16N2O2S2. The van der Waals surface area contributed by atoms with Crippen molar-refractivity contribution in [2.75, 3.05) is 26.2 Å². The van der Waals surface area contributed by atoms with E-state index in [2.05, 4.69) is 12.6 Å². The fourth-order valence-corrected chi connectivity index (χ4v) is 4.26. The Morgan fingerprint density at radius 3 is 2.07 bits per heavy atom. The Kier molecular flexibility index (Phi) is 3.06. The fraction of sp³-hybridized carbons (Fsp3) is 1.00. The zero-order chi connectivity index (χ0) is 10.2. The highest BCUT2D eigenvalue weighted by Crippen LogP contribution is 2.23. The van der Waals surface area contributed by atoms with Crippen LogP contribution in [0.25, 0.3) is 0 Å². The summed E-state index contributed by atoms with van der Waals surface area (Å²) in [6, 6.07) is 0. The predicted octanol–water partition coefficient (Wildman–Crippen LogP) is 0.331. The van der Waals surface area contributed by atoms with Crippen molar-refractivity contribution in [3.8, 4) is 0 Å². The number of hydrogen-bond donors (Lipinski definition) is 1. The van der Waals surface area contributed by atoms with Gasteiger partial charge in [0.2, 0.25) is 0 Å². The lowest BCUT2D eigenvalue weighted by Crippen LogP contribution is -2.56. The molecule has 0 unspecified atom stereocenters. The second-order valence-corrected chi connectivity index (χ2v) is 6.60. The molecule has 2 rings (SSSR count). The van der Waals surface area contributed by atoms with Crippen molar-refractivity contribution < 1.29 is 8.42 Å². The molecule has 0 N–H and O–H groups in total. The average molecular weight is 236 g/mol. The molecule has 0 spiro atoms. The van der Waals surface area contributed by atoms with Crippen molar-refractivity contribution in [1.82, 2.24) is 8.61 Å². The van der Waals surface area contributed by atoms with E-state index in [0.29, 0.717) is 26.2 Å². The number of thiol groups is 1. The summed E-state index contributed by atoms with van der Waals surface area (Å²) >= 11 is 4.22. The summed E-state index contributed by atoms with van der Waals surface area (Å²) in [6.45, 7) is 2.52. The predicted molar refractivity (Wildman–Crippen MR) is 58.7 cm³/mol. The zero-order valence-corrected chi connectivity index (χ0v) is 9.80. The monoisotopic (exact) mass is 236 g/mol. The number of hydrogen-bond acceptors (Lipinski definition) is 3. The number of nitrogens with zero attached hydrogens (tertiary/aromatic N) is 2. The quantitative estimate of drug-likeness (QED) is 0.702. The summed E-state index contributed by atoms with van der Waals surface area (Å²) in [5, 5.41) is 0.231. The van der Waals surface area contributed by atoms with E-state index in [9.17, 15) is 8.42 Å². The van der Waals surface area contributed by atoms with Crippen LogP contribution in [0.3, 0.4) is 0 Å². The summed E-state index contributed by atoms with van der Waals surface area (Å²) < 4.78 is 27.0. The Hall–Kier alpha value is 0.220. The molecule has 14 heavy (non-hydrogen) atoms. The molecular weight excluding hydrogens is 220 g/mol. The van der Waals surface area contributed by atoms with Crippen molar-refractivity contribution in [2.24, 2.45) is 0 Å². The molecule has 2 fully saturated rings. The van der Waals surface area contributed by atoms with Gasteiger partial charge in [-0.05, 0) is 12.8 Å². The standard InChI is InChI=1S/C8H16N2O2S2/c11-14(12,10-6-8(13)7-10)9-4-2-1-3-5-9/h8,13H,1-7H2. The molecule has 2 heterocycles. The lowest BCUT2D eigenvalue weighted by Gasteiger charge is -2.39. The first-order valence-electron chi connectivity index (χ1n) is 5.04. The van der Waals surface area contributed by atoms with Gasteiger partial charge < -0.3 is 0 Å². The van der Waals surface area contributed by atoms with E-state index in [1.54, 1.807) is 4.31 Å². The lowest BCUT2D eigenvalue weighted by molar-refractivity contribution is 0.264. The Bertz CT molecular complexity index is 292. The van der Waals surface area contributed by atoms with E-state index in [1.807, 2.05) is 0 Å². The third-order valence-electron chi connectivity index (χ3n) is 2.80. The first-order chi connectivity index (χ1) is 6.60. The van der Waals surface area contributed by atoms with Crippen LogP contribution in [0.5, 0.6) is 0 Å². The summed E-state index contributed by atoms with van der Waals surface area (Å²) in [5.41, 5.74) is 0. The molecule has 0 aliphatic carbocycles. The van der Waals surface area contributed by atoms with Crippen molar-refractivity contribution in [3.63, 3.8) is 0 Å². The van der Waals surface area contributed by atoms with Crippen LogP contribution in [0, 0.1) is 0 Å². The minimum Gasteiger partial charge on any atom is -0.195 e. The molecule has 2 aliphatic rings. The molecule has 0 atom stereocenters. The number of rotatable bonds is 2. The Labute approximate surface area is 90.9 Å². The first kappa shape index (κ1) is 10.7. The topological polar surface area (TPSA) is 40.6 Å². The molecule has 4 nitrogen and oxygen atoms in total. The molecule has 0 aromatic rings. The summed E-state index contributed by atoms with van der Waals surface area (Å²) in [6.07, 6.45) is 3.15. The highest BCUT2D eigenvalue weighted by Gasteiger charge is 2.37. The van der Waals surface area contributed by atoms with E-state index in [0.717, 1.165) is 19.3 Å². The van der Waals surface area contributed by atoms with Crippen LogP contribution in [0.1, 0.15) is 19.3 Å². The second kappa shape index (κ2) is 4.00. The second-order valence-electron chi connectivity index (χ2n) is 3.94. The third kappa shape index (κ3) is 1.93. The largest absolute Gasteiger partial charge is 0.282 e. The summed E-state index contributed by atoms with van der Waals surface area (Å²) in [7, 11) is -3.14. The fourth-order valence-electron chi connectivity index (χ4n) is 1.86. The van der Waals surface area contributed by atoms with Gasteiger partial charge in [-0.15, -0.1) is 0 Å². The van der Waals surface area contributed by atoms with Gasteiger partial charge in [0, 0.05) is 31.4 Å². The maximum absolute atomic E-state index is 11.9. The van der Waals surface area contributed by atoms with Crippen molar-refractivity contribution >= 4 is 22.8 Å². The lowest BCUT2D eigenvalue weighted by atomic mass is 10.2. The van der Waals surface area contributed by atoms with Crippen LogP contribution in [0.15, 0.2) is 0 Å². The van der Waals surface area contributed by atoms with E-state index >= 15 is 0 Å². The van der Waals surface area contributed by atoms with Crippen molar-refractivity contribution in [1.29, 1.82) is 0 Å².